The van der Waals surface area contributed by atoms with E-state index in [9.17, 15) is 4.79 Å². The molecule has 2 N–H and O–H groups in total. The van der Waals surface area contributed by atoms with E-state index in [0.717, 1.165) is 13.0 Å². The quantitative estimate of drug-likeness (QED) is 0.768. The van der Waals surface area contributed by atoms with Crippen LogP contribution in [0.25, 0.3) is 0 Å². The summed E-state index contributed by atoms with van der Waals surface area (Å²) in [5, 5.41) is 12.1. The number of aliphatic carboxylic acids is 1. The lowest BCUT2D eigenvalue weighted by Gasteiger charge is -2.27. The lowest BCUT2D eigenvalue weighted by molar-refractivity contribution is -0.142. The predicted octanol–water partition coefficient (Wildman–Crippen LogP) is 1.46. The number of carboxylic acid groups (broad SMARTS) is 1. The van der Waals surface area contributed by atoms with Gasteiger partial charge in [-0.2, -0.15) is 0 Å². The fourth-order valence-corrected chi connectivity index (χ4v) is 2.11. The van der Waals surface area contributed by atoms with Crippen LogP contribution in [-0.2, 0) is 4.79 Å². The Morgan fingerprint density at radius 3 is 2.67 bits per heavy atom. The van der Waals surface area contributed by atoms with Gasteiger partial charge >= 0.3 is 5.97 Å². The fourth-order valence-electron chi connectivity index (χ4n) is 2.11. The molecule has 3 heteroatoms. The molecule has 1 aliphatic heterocycles. The molecule has 0 radical (unpaired) electrons. The van der Waals surface area contributed by atoms with Gasteiger partial charge in [0.2, 0.25) is 0 Å². The van der Waals surface area contributed by atoms with Crippen molar-refractivity contribution in [2.75, 3.05) is 13.1 Å². The van der Waals surface area contributed by atoms with Gasteiger partial charge in [0.1, 0.15) is 0 Å². The molecular weight excluding hydrogens is 190 g/mol. The highest BCUT2D eigenvalue weighted by molar-refractivity contribution is 5.70. The molecule has 1 fully saturated rings. The molecule has 1 aliphatic rings. The van der Waals surface area contributed by atoms with Crippen molar-refractivity contribution >= 4 is 5.97 Å². The largest absolute Gasteiger partial charge is 0.481 e. The Kier molecular flexibility index (Phi) is 3.02. The van der Waals surface area contributed by atoms with Crippen LogP contribution >= 0.6 is 0 Å². The number of carbonyl (C=O) groups is 1. The Bertz CT molecular complexity index is 337. The van der Waals surface area contributed by atoms with Crippen LogP contribution < -0.4 is 5.32 Å². The van der Waals surface area contributed by atoms with E-state index in [4.69, 9.17) is 5.11 Å². The molecule has 3 nitrogen and oxygen atoms in total. The molecule has 15 heavy (non-hydrogen) atoms. The Labute approximate surface area is 89.1 Å². The molecule has 0 amide bonds. The number of hydrogen-bond acceptors (Lipinski definition) is 2. The minimum atomic E-state index is -0.692. The standard InChI is InChI=1S/C12H15NO2/c14-12(15)11-6-10(7-13-8-11)9-4-2-1-3-5-9/h1-5,10-11,13H,6-8H2,(H,14,15)/t10-,11-/m1/s1. The lowest BCUT2D eigenvalue weighted by atomic mass is 9.86. The molecule has 0 aromatic heterocycles. The summed E-state index contributed by atoms with van der Waals surface area (Å²) in [6, 6.07) is 10.1. The summed E-state index contributed by atoms with van der Waals surface area (Å²) in [4.78, 5) is 10.9. The van der Waals surface area contributed by atoms with E-state index in [1.807, 2.05) is 18.2 Å². The van der Waals surface area contributed by atoms with Crippen molar-refractivity contribution in [1.29, 1.82) is 0 Å². The first-order valence-corrected chi connectivity index (χ1v) is 5.26. The fraction of sp³-hybridized carbons (Fsp3) is 0.417. The Morgan fingerprint density at radius 1 is 1.27 bits per heavy atom. The SMILES string of the molecule is O=C(O)[C@H]1CNC[C@H](c2ccccc2)C1. The topological polar surface area (TPSA) is 49.3 Å². The minimum Gasteiger partial charge on any atom is -0.481 e. The second kappa shape index (κ2) is 4.45. The number of nitrogens with one attached hydrogen (secondary N) is 1. The van der Waals surface area contributed by atoms with Crippen LogP contribution in [0.15, 0.2) is 30.3 Å². The van der Waals surface area contributed by atoms with E-state index < -0.39 is 5.97 Å². The Morgan fingerprint density at radius 2 is 2.00 bits per heavy atom. The van der Waals surface area contributed by atoms with E-state index in [1.54, 1.807) is 0 Å². The van der Waals surface area contributed by atoms with Crippen LogP contribution in [-0.4, -0.2) is 24.2 Å². The molecule has 0 unspecified atom stereocenters. The molecule has 1 saturated heterocycles. The van der Waals surface area contributed by atoms with E-state index in [0.29, 0.717) is 12.5 Å². The molecule has 2 atom stereocenters. The van der Waals surface area contributed by atoms with Gasteiger partial charge in [-0.25, -0.2) is 0 Å². The molecule has 0 saturated carbocycles. The first-order chi connectivity index (χ1) is 7.27. The molecule has 1 aromatic carbocycles. The summed E-state index contributed by atoms with van der Waals surface area (Å²) >= 11 is 0. The van der Waals surface area contributed by atoms with Gasteiger partial charge in [-0.15, -0.1) is 0 Å². The average molecular weight is 205 g/mol. The maximum Gasteiger partial charge on any atom is 0.307 e. The zero-order valence-corrected chi connectivity index (χ0v) is 8.52. The maximum absolute atomic E-state index is 10.9. The highest BCUT2D eigenvalue weighted by Gasteiger charge is 2.27. The van der Waals surface area contributed by atoms with Crippen LogP contribution in [0.5, 0.6) is 0 Å². The summed E-state index contributed by atoms with van der Waals surface area (Å²) in [6.45, 7) is 1.48. The number of carboxylic acids is 1. The zero-order valence-electron chi connectivity index (χ0n) is 8.52. The van der Waals surface area contributed by atoms with Gasteiger partial charge in [-0.1, -0.05) is 30.3 Å². The van der Waals surface area contributed by atoms with E-state index >= 15 is 0 Å². The van der Waals surface area contributed by atoms with Gasteiger partial charge in [0, 0.05) is 13.1 Å². The van der Waals surface area contributed by atoms with Gasteiger partial charge in [0.15, 0.2) is 0 Å². The summed E-state index contributed by atoms with van der Waals surface area (Å²) in [6.07, 6.45) is 0.742. The number of benzene rings is 1. The Balaban J connectivity index is 2.08. The third-order valence-corrected chi connectivity index (χ3v) is 2.97. The summed E-state index contributed by atoms with van der Waals surface area (Å²) in [5.41, 5.74) is 1.23. The van der Waals surface area contributed by atoms with Crippen molar-refractivity contribution in [3.8, 4) is 0 Å². The van der Waals surface area contributed by atoms with Crippen molar-refractivity contribution in [2.45, 2.75) is 12.3 Å². The highest BCUT2D eigenvalue weighted by atomic mass is 16.4. The van der Waals surface area contributed by atoms with Crippen LogP contribution in [0.4, 0.5) is 0 Å². The van der Waals surface area contributed by atoms with Gasteiger partial charge in [0.05, 0.1) is 5.92 Å². The second-order valence-corrected chi connectivity index (χ2v) is 4.04. The smallest absolute Gasteiger partial charge is 0.307 e. The van der Waals surface area contributed by atoms with Crippen LogP contribution in [0.2, 0.25) is 0 Å². The molecule has 1 heterocycles. The molecule has 1 aromatic rings. The monoisotopic (exact) mass is 205 g/mol. The summed E-state index contributed by atoms with van der Waals surface area (Å²) in [7, 11) is 0. The third kappa shape index (κ3) is 2.36. The maximum atomic E-state index is 10.9. The molecular formula is C12H15NO2. The first kappa shape index (κ1) is 10.2. The number of piperidine rings is 1. The average Bonchev–Trinajstić information content (AvgIpc) is 2.30. The van der Waals surface area contributed by atoms with Crippen LogP contribution in [0.3, 0.4) is 0 Å². The van der Waals surface area contributed by atoms with Gasteiger partial charge in [-0.05, 0) is 17.9 Å². The predicted molar refractivity (Wildman–Crippen MR) is 57.8 cm³/mol. The lowest BCUT2D eigenvalue weighted by Crippen LogP contribution is -2.38. The van der Waals surface area contributed by atoms with Crippen molar-refractivity contribution in [3.63, 3.8) is 0 Å². The van der Waals surface area contributed by atoms with Crippen molar-refractivity contribution in [2.24, 2.45) is 5.92 Å². The molecule has 0 aliphatic carbocycles. The van der Waals surface area contributed by atoms with Crippen molar-refractivity contribution < 1.29 is 9.90 Å². The molecule has 2 rings (SSSR count). The Hall–Kier alpha value is -1.35. The van der Waals surface area contributed by atoms with Crippen molar-refractivity contribution in [3.05, 3.63) is 35.9 Å². The molecule has 80 valence electrons. The van der Waals surface area contributed by atoms with Crippen molar-refractivity contribution in [1.82, 2.24) is 5.32 Å². The van der Waals surface area contributed by atoms with E-state index in [2.05, 4.69) is 17.4 Å². The van der Waals surface area contributed by atoms with E-state index in [-0.39, 0.29) is 5.92 Å². The van der Waals surface area contributed by atoms with E-state index in [1.165, 1.54) is 5.56 Å². The molecule has 0 bridgehead atoms. The molecule has 0 spiro atoms. The third-order valence-electron chi connectivity index (χ3n) is 2.97. The number of rotatable bonds is 2. The van der Waals surface area contributed by atoms with Crippen LogP contribution in [0.1, 0.15) is 17.9 Å². The first-order valence-electron chi connectivity index (χ1n) is 5.26. The number of hydrogen-bond donors (Lipinski definition) is 2. The summed E-state index contributed by atoms with van der Waals surface area (Å²) in [5.74, 6) is -0.604. The summed E-state index contributed by atoms with van der Waals surface area (Å²) < 4.78 is 0. The van der Waals surface area contributed by atoms with Crippen LogP contribution in [0, 0.1) is 5.92 Å². The second-order valence-electron chi connectivity index (χ2n) is 4.04. The highest BCUT2D eigenvalue weighted by Crippen LogP contribution is 2.26. The normalized spacial score (nSPS) is 26.1. The minimum absolute atomic E-state index is 0.246. The van der Waals surface area contributed by atoms with Gasteiger partial charge < -0.3 is 10.4 Å². The van der Waals surface area contributed by atoms with Gasteiger partial charge in [0.25, 0.3) is 0 Å². The van der Waals surface area contributed by atoms with Gasteiger partial charge in [-0.3, -0.25) is 4.79 Å². The zero-order chi connectivity index (χ0) is 10.7.